The maximum atomic E-state index is 12.1. The molecular formula is C22H24BF3N2. The third-order valence-electron chi connectivity index (χ3n) is 4.41. The fourth-order valence-electron chi connectivity index (χ4n) is 2.80. The molecule has 0 aliphatic carbocycles. The number of nitrogens with one attached hydrogen (secondary N) is 1. The van der Waals surface area contributed by atoms with Gasteiger partial charge in [-0.2, -0.15) is 13.2 Å². The first-order valence-electron chi connectivity index (χ1n) is 9.17. The molecule has 146 valence electrons. The van der Waals surface area contributed by atoms with Gasteiger partial charge in [-0.25, -0.2) is 4.98 Å². The normalized spacial score (nSPS) is 11.2. The number of aromatic amines is 1. The molecule has 6 heteroatoms. The van der Waals surface area contributed by atoms with E-state index in [1.54, 1.807) is 6.33 Å². The van der Waals surface area contributed by atoms with E-state index >= 15 is 0 Å². The van der Waals surface area contributed by atoms with Crippen molar-refractivity contribution in [3.8, 4) is 0 Å². The van der Waals surface area contributed by atoms with Crippen molar-refractivity contribution in [3.63, 3.8) is 0 Å². The Labute approximate surface area is 164 Å². The van der Waals surface area contributed by atoms with Crippen LogP contribution < -0.4 is 10.9 Å². The first-order chi connectivity index (χ1) is 13.4. The average molecular weight is 384 g/mol. The lowest BCUT2D eigenvalue weighted by Crippen LogP contribution is -2.41. The predicted molar refractivity (Wildman–Crippen MR) is 111 cm³/mol. The zero-order valence-corrected chi connectivity index (χ0v) is 16.1. The number of allylic oxidation sites excluding steroid dienone is 2. The van der Waals surface area contributed by atoms with Crippen LogP contribution in [0.4, 0.5) is 13.2 Å². The van der Waals surface area contributed by atoms with E-state index in [1.165, 1.54) is 6.08 Å². The highest BCUT2D eigenvalue weighted by Gasteiger charge is 2.22. The van der Waals surface area contributed by atoms with Crippen LogP contribution in [0.25, 0.3) is 0 Å². The molecule has 2 aromatic carbocycles. The van der Waals surface area contributed by atoms with Crippen molar-refractivity contribution in [3.05, 3.63) is 90.5 Å². The topological polar surface area (TPSA) is 28.7 Å². The number of benzene rings is 2. The molecule has 0 unspecified atom stereocenters. The van der Waals surface area contributed by atoms with Gasteiger partial charge in [0.1, 0.15) is 0 Å². The smallest absolute Gasteiger partial charge is 0.348 e. The molecule has 0 aliphatic rings. The van der Waals surface area contributed by atoms with Crippen molar-refractivity contribution in [1.82, 2.24) is 9.97 Å². The van der Waals surface area contributed by atoms with E-state index in [0.717, 1.165) is 22.3 Å². The molecule has 28 heavy (non-hydrogen) atoms. The third-order valence-corrected chi connectivity index (χ3v) is 4.41. The summed E-state index contributed by atoms with van der Waals surface area (Å²) in [6.07, 6.45) is 0.0488. The van der Waals surface area contributed by atoms with E-state index in [1.807, 2.05) is 74.5 Å². The molecule has 3 aromatic rings. The molecule has 0 atom stereocenters. The lowest BCUT2D eigenvalue weighted by Gasteiger charge is -2.13. The van der Waals surface area contributed by atoms with Crippen LogP contribution in [0.2, 0.25) is 6.32 Å². The second-order valence-corrected chi connectivity index (χ2v) is 6.51. The maximum absolute atomic E-state index is 12.1. The molecule has 2 nitrogen and oxygen atoms in total. The number of hydrogen-bond donors (Lipinski definition) is 1. The van der Waals surface area contributed by atoms with Gasteiger partial charge in [-0.1, -0.05) is 84.0 Å². The molecule has 3 rings (SSSR count). The molecule has 0 fully saturated rings. The summed E-state index contributed by atoms with van der Waals surface area (Å²) in [6.45, 7) is 4.10. The quantitative estimate of drug-likeness (QED) is 0.495. The SMILES string of the molecule is Cc1nc[nH]c1C.FC(F)(F)C=CCCB(c1ccccc1)c1ccccc1. The van der Waals surface area contributed by atoms with Crippen molar-refractivity contribution in [2.45, 2.75) is 32.8 Å². The minimum atomic E-state index is -4.23. The summed E-state index contributed by atoms with van der Waals surface area (Å²) in [7, 11) is 0. The van der Waals surface area contributed by atoms with E-state index in [0.29, 0.717) is 18.8 Å². The molecule has 0 radical (unpaired) electrons. The minimum absolute atomic E-state index is 0.116. The highest BCUT2D eigenvalue weighted by molar-refractivity contribution is 6.85. The molecule has 0 saturated carbocycles. The lowest BCUT2D eigenvalue weighted by atomic mass is 9.38. The summed E-state index contributed by atoms with van der Waals surface area (Å²) in [6, 6.07) is 19.8. The Balaban J connectivity index is 0.000000336. The number of hydrogen-bond acceptors (Lipinski definition) is 1. The van der Waals surface area contributed by atoms with Crippen LogP contribution in [0.5, 0.6) is 0 Å². The van der Waals surface area contributed by atoms with Gasteiger partial charge < -0.3 is 4.98 Å². The van der Waals surface area contributed by atoms with Gasteiger partial charge in [-0.15, -0.1) is 0 Å². The molecule has 1 N–H and O–H groups in total. The molecule has 1 aromatic heterocycles. The Morgan fingerprint density at radius 1 is 0.929 bits per heavy atom. The number of nitrogens with zero attached hydrogens (tertiary/aromatic N) is 1. The molecule has 0 aliphatic heterocycles. The number of imidazole rings is 1. The highest BCUT2D eigenvalue weighted by Crippen LogP contribution is 2.16. The average Bonchev–Trinajstić information content (AvgIpc) is 3.06. The van der Waals surface area contributed by atoms with Crippen molar-refractivity contribution < 1.29 is 13.2 Å². The number of aryl methyl sites for hydroxylation is 2. The van der Waals surface area contributed by atoms with Crippen molar-refractivity contribution in [2.24, 2.45) is 0 Å². The van der Waals surface area contributed by atoms with E-state index in [9.17, 15) is 13.2 Å². The number of rotatable bonds is 5. The molecule has 1 heterocycles. The van der Waals surface area contributed by atoms with Crippen LogP contribution in [0, 0.1) is 13.8 Å². The minimum Gasteiger partial charge on any atom is -0.348 e. The number of H-pyrrole nitrogens is 1. The van der Waals surface area contributed by atoms with Gasteiger partial charge >= 0.3 is 6.18 Å². The van der Waals surface area contributed by atoms with Crippen LogP contribution in [0.3, 0.4) is 0 Å². The van der Waals surface area contributed by atoms with Crippen LogP contribution in [0.1, 0.15) is 17.8 Å². The van der Waals surface area contributed by atoms with Gasteiger partial charge in [0.25, 0.3) is 0 Å². The molecule has 0 amide bonds. The van der Waals surface area contributed by atoms with Crippen LogP contribution in [-0.2, 0) is 0 Å². The van der Waals surface area contributed by atoms with Crippen LogP contribution in [0.15, 0.2) is 79.1 Å². The van der Waals surface area contributed by atoms with Gasteiger partial charge in [-0.3, -0.25) is 0 Å². The summed E-state index contributed by atoms with van der Waals surface area (Å²) in [4.78, 5) is 6.92. The van der Waals surface area contributed by atoms with E-state index in [2.05, 4.69) is 9.97 Å². The van der Waals surface area contributed by atoms with Gasteiger partial charge in [0.2, 0.25) is 6.71 Å². The number of aromatic nitrogens is 2. The van der Waals surface area contributed by atoms with Gasteiger partial charge in [0, 0.05) is 11.8 Å². The molecule has 0 spiro atoms. The summed E-state index contributed by atoms with van der Waals surface area (Å²) in [5.74, 6) is 0. The van der Waals surface area contributed by atoms with Crippen molar-refractivity contribution in [2.75, 3.05) is 0 Å². The van der Waals surface area contributed by atoms with E-state index in [-0.39, 0.29) is 6.71 Å². The third kappa shape index (κ3) is 7.47. The summed E-state index contributed by atoms with van der Waals surface area (Å²) >= 11 is 0. The Morgan fingerprint density at radius 3 is 1.82 bits per heavy atom. The second kappa shape index (κ2) is 10.5. The van der Waals surface area contributed by atoms with Crippen molar-refractivity contribution in [1.29, 1.82) is 0 Å². The number of alkyl halides is 3. The van der Waals surface area contributed by atoms with Crippen LogP contribution in [-0.4, -0.2) is 22.9 Å². The summed E-state index contributed by atoms with van der Waals surface area (Å²) in [5.41, 5.74) is 4.49. The second-order valence-electron chi connectivity index (χ2n) is 6.51. The number of halogens is 3. The Hall–Kier alpha value is -2.76. The van der Waals surface area contributed by atoms with Gasteiger partial charge in [-0.05, 0) is 20.3 Å². The zero-order chi connectivity index (χ0) is 20.4. The monoisotopic (exact) mass is 384 g/mol. The summed E-state index contributed by atoms with van der Waals surface area (Å²) < 4.78 is 36.4. The Bertz CT molecular complexity index is 787. The standard InChI is InChI=1S/C17H16BF3.C5H8N2/c19-17(20,21)13-7-8-14-18(15-9-3-1-4-10-15)16-11-5-2-6-12-16;1-4-5(2)7-3-6-4/h1-7,9-13H,8,14H2;3H,1-2H3,(H,6,7). The molecular weight excluding hydrogens is 360 g/mol. The molecule has 0 bridgehead atoms. The van der Waals surface area contributed by atoms with E-state index in [4.69, 9.17) is 0 Å². The predicted octanol–water partition coefficient (Wildman–Crippen LogP) is 4.83. The van der Waals surface area contributed by atoms with Crippen molar-refractivity contribution >= 4 is 17.6 Å². The van der Waals surface area contributed by atoms with E-state index < -0.39 is 6.18 Å². The van der Waals surface area contributed by atoms with Gasteiger partial charge in [0.15, 0.2) is 0 Å². The fourth-order valence-corrected chi connectivity index (χ4v) is 2.80. The molecule has 0 saturated heterocycles. The van der Waals surface area contributed by atoms with Gasteiger partial charge in [0.05, 0.1) is 12.0 Å². The largest absolute Gasteiger partial charge is 0.409 e. The summed E-state index contributed by atoms with van der Waals surface area (Å²) in [5, 5.41) is 0. The Kier molecular flexibility index (Phi) is 8.11. The fraction of sp³-hybridized carbons (Fsp3) is 0.227. The lowest BCUT2D eigenvalue weighted by molar-refractivity contribution is -0.0800. The Morgan fingerprint density at radius 2 is 1.46 bits per heavy atom. The highest BCUT2D eigenvalue weighted by atomic mass is 19.4. The first kappa shape index (κ1) is 21.5. The first-order valence-corrected chi connectivity index (χ1v) is 9.17. The van der Waals surface area contributed by atoms with Crippen LogP contribution >= 0.6 is 0 Å². The maximum Gasteiger partial charge on any atom is 0.409 e. The zero-order valence-electron chi connectivity index (χ0n) is 16.1.